The van der Waals surface area contributed by atoms with Gasteiger partial charge in [-0.3, -0.25) is 0 Å². The lowest BCUT2D eigenvalue weighted by atomic mass is 9.94. The lowest BCUT2D eigenvalue weighted by Crippen LogP contribution is -1.99. The molecule has 150 valence electrons. The van der Waals surface area contributed by atoms with E-state index in [1.54, 1.807) is 11.8 Å². The molecule has 0 unspecified atom stereocenters. The summed E-state index contributed by atoms with van der Waals surface area (Å²) in [6.07, 6.45) is 0. The van der Waals surface area contributed by atoms with Crippen molar-refractivity contribution in [3.05, 3.63) is 84.9 Å². The van der Waals surface area contributed by atoms with Crippen molar-refractivity contribution < 1.29 is 9.15 Å². The summed E-state index contributed by atoms with van der Waals surface area (Å²) in [5, 5.41) is 8.30. The van der Waals surface area contributed by atoms with Crippen LogP contribution < -0.4 is 10.1 Å². The molecule has 4 heteroatoms. The molecule has 0 aliphatic carbocycles. The van der Waals surface area contributed by atoms with Crippen LogP contribution in [0.5, 0.6) is 11.5 Å². The zero-order valence-electron chi connectivity index (χ0n) is 16.8. The minimum absolute atomic E-state index is 0.810. The highest BCUT2D eigenvalue weighted by Gasteiger charge is 2.31. The summed E-state index contributed by atoms with van der Waals surface area (Å²) >= 11 is 1.77. The molecule has 0 saturated heterocycles. The largest absolute Gasteiger partial charge is 0.452 e. The van der Waals surface area contributed by atoms with Crippen LogP contribution in [0.1, 0.15) is 0 Å². The minimum Gasteiger partial charge on any atom is -0.452 e. The number of ether oxygens (including phenoxy) is 1. The Morgan fingerprint density at radius 2 is 1.41 bits per heavy atom. The Balaban J connectivity index is 1.67. The first kappa shape index (κ1) is 16.8. The van der Waals surface area contributed by atoms with Gasteiger partial charge in [0.2, 0.25) is 0 Å². The predicted octanol–water partition coefficient (Wildman–Crippen LogP) is 8.72. The Labute approximate surface area is 187 Å². The molecule has 1 N–H and O–H groups in total. The standard InChI is InChI=1S/C28H15NO2S/c1-3-11-19-15(7-1)16-9-5-10-18-23-17-8-2-4-13-21(17)30-25(23)26-28(24(16)18)32-27-20(29-19)12-6-14-22(27)31-26/h1-14,29H. The van der Waals surface area contributed by atoms with Crippen molar-refractivity contribution >= 4 is 55.8 Å². The summed E-state index contributed by atoms with van der Waals surface area (Å²) in [6.45, 7) is 0. The van der Waals surface area contributed by atoms with Crippen LogP contribution in [0, 0.1) is 0 Å². The first-order chi connectivity index (χ1) is 15.9. The molecule has 0 amide bonds. The monoisotopic (exact) mass is 429 g/mol. The number of anilines is 2. The molecule has 32 heavy (non-hydrogen) atoms. The smallest absolute Gasteiger partial charge is 0.185 e. The molecule has 0 radical (unpaired) electrons. The van der Waals surface area contributed by atoms with Gasteiger partial charge in [-0.05, 0) is 35.2 Å². The van der Waals surface area contributed by atoms with Crippen LogP contribution in [0.15, 0.2) is 99.1 Å². The molecular weight excluding hydrogens is 414 g/mol. The van der Waals surface area contributed by atoms with Gasteiger partial charge in [0, 0.05) is 27.4 Å². The normalized spacial score (nSPS) is 13.4. The molecule has 5 aromatic carbocycles. The summed E-state index contributed by atoms with van der Waals surface area (Å²) in [6, 6.07) is 29.5. The molecule has 3 nitrogen and oxygen atoms in total. The van der Waals surface area contributed by atoms with Gasteiger partial charge < -0.3 is 14.5 Å². The SMILES string of the molecule is c1ccc2c(c1)Nc1cccc3c1Sc1c(c4oc5ccccc5c4c4cccc-2c14)O3. The highest BCUT2D eigenvalue weighted by Crippen LogP contribution is 2.59. The van der Waals surface area contributed by atoms with Crippen LogP contribution in [-0.2, 0) is 0 Å². The van der Waals surface area contributed by atoms with Gasteiger partial charge in [0.05, 0.1) is 15.5 Å². The molecule has 0 saturated carbocycles. The Hall–Kier alpha value is -3.89. The predicted molar refractivity (Wildman–Crippen MR) is 131 cm³/mol. The molecule has 2 aliphatic rings. The van der Waals surface area contributed by atoms with Crippen molar-refractivity contribution in [2.24, 2.45) is 0 Å². The first-order valence-electron chi connectivity index (χ1n) is 10.6. The van der Waals surface area contributed by atoms with Gasteiger partial charge in [0.15, 0.2) is 11.3 Å². The Morgan fingerprint density at radius 1 is 0.625 bits per heavy atom. The van der Waals surface area contributed by atoms with E-state index < -0.39 is 0 Å². The lowest BCUT2D eigenvalue weighted by molar-refractivity contribution is 0.452. The van der Waals surface area contributed by atoms with Crippen LogP contribution in [0.3, 0.4) is 0 Å². The summed E-state index contributed by atoms with van der Waals surface area (Å²) in [5.41, 5.74) is 6.21. The third-order valence-corrected chi connectivity index (χ3v) is 7.67. The van der Waals surface area contributed by atoms with Gasteiger partial charge in [-0.15, -0.1) is 0 Å². The average molecular weight is 430 g/mol. The lowest BCUT2D eigenvalue weighted by Gasteiger charge is -2.23. The molecule has 3 heterocycles. The quantitative estimate of drug-likeness (QED) is 0.261. The van der Waals surface area contributed by atoms with Crippen LogP contribution in [-0.4, -0.2) is 0 Å². The molecule has 0 fully saturated rings. The van der Waals surface area contributed by atoms with Crippen molar-refractivity contribution in [2.45, 2.75) is 9.79 Å². The number of nitrogens with one attached hydrogen (secondary N) is 1. The van der Waals surface area contributed by atoms with Crippen molar-refractivity contribution in [1.29, 1.82) is 0 Å². The number of hydrogen-bond donors (Lipinski definition) is 1. The third kappa shape index (κ3) is 2.03. The Kier molecular flexibility index (Phi) is 3.07. The topological polar surface area (TPSA) is 34.4 Å². The van der Waals surface area contributed by atoms with Gasteiger partial charge >= 0.3 is 0 Å². The van der Waals surface area contributed by atoms with E-state index >= 15 is 0 Å². The van der Waals surface area contributed by atoms with Crippen molar-refractivity contribution in [3.8, 4) is 22.6 Å². The average Bonchev–Trinajstić information content (AvgIpc) is 3.25. The van der Waals surface area contributed by atoms with Crippen molar-refractivity contribution in [2.75, 3.05) is 5.32 Å². The number of para-hydroxylation sites is 2. The van der Waals surface area contributed by atoms with Gasteiger partial charge in [-0.25, -0.2) is 0 Å². The number of furan rings is 1. The summed E-state index contributed by atoms with van der Waals surface area (Å²) < 4.78 is 13.0. The molecule has 6 aromatic rings. The van der Waals surface area contributed by atoms with E-state index in [1.165, 1.54) is 21.9 Å². The number of benzene rings is 5. The van der Waals surface area contributed by atoms with Gasteiger partial charge in [-0.2, -0.15) is 0 Å². The fourth-order valence-electron chi connectivity index (χ4n) is 5.09. The molecule has 0 spiro atoms. The van der Waals surface area contributed by atoms with E-state index in [-0.39, 0.29) is 0 Å². The summed E-state index contributed by atoms with van der Waals surface area (Å²) in [5.74, 6) is 1.66. The van der Waals surface area contributed by atoms with Gasteiger partial charge in [-0.1, -0.05) is 72.4 Å². The summed E-state index contributed by atoms with van der Waals surface area (Å²) in [4.78, 5) is 2.21. The van der Waals surface area contributed by atoms with Crippen LogP contribution in [0.25, 0.3) is 43.8 Å². The second kappa shape index (κ2) is 5.87. The highest BCUT2D eigenvalue weighted by atomic mass is 32.2. The van der Waals surface area contributed by atoms with Crippen LogP contribution in [0.4, 0.5) is 11.4 Å². The zero-order valence-corrected chi connectivity index (χ0v) is 17.6. The van der Waals surface area contributed by atoms with Gasteiger partial charge in [0.1, 0.15) is 11.3 Å². The fourth-order valence-corrected chi connectivity index (χ4v) is 6.29. The second-order valence-electron chi connectivity index (χ2n) is 8.20. The molecule has 2 bridgehead atoms. The molecule has 1 aromatic heterocycles. The minimum atomic E-state index is 0.810. The van der Waals surface area contributed by atoms with E-state index in [2.05, 4.69) is 66.0 Å². The Bertz CT molecular complexity index is 1770. The first-order valence-corrected chi connectivity index (χ1v) is 11.4. The zero-order chi connectivity index (χ0) is 20.8. The summed E-state index contributed by atoms with van der Waals surface area (Å²) in [7, 11) is 0. The maximum Gasteiger partial charge on any atom is 0.185 e. The maximum atomic E-state index is 6.60. The fraction of sp³-hybridized carbons (Fsp3) is 0. The number of fused-ring (bicyclic) bond motifs is 7. The van der Waals surface area contributed by atoms with Gasteiger partial charge in [0.25, 0.3) is 0 Å². The van der Waals surface area contributed by atoms with Crippen LogP contribution in [0.2, 0.25) is 0 Å². The van der Waals surface area contributed by atoms with Crippen molar-refractivity contribution in [1.82, 2.24) is 0 Å². The van der Waals surface area contributed by atoms with Crippen molar-refractivity contribution in [3.63, 3.8) is 0 Å². The molecule has 8 rings (SSSR count). The Morgan fingerprint density at radius 3 is 2.41 bits per heavy atom. The van der Waals surface area contributed by atoms with E-state index in [9.17, 15) is 0 Å². The number of rotatable bonds is 0. The van der Waals surface area contributed by atoms with E-state index in [4.69, 9.17) is 9.15 Å². The maximum absolute atomic E-state index is 6.60. The van der Waals surface area contributed by atoms with Crippen LogP contribution >= 0.6 is 11.8 Å². The number of hydrogen-bond acceptors (Lipinski definition) is 4. The molecular formula is C28H15NO2S. The molecule has 0 atom stereocenters. The second-order valence-corrected chi connectivity index (χ2v) is 9.22. The highest BCUT2D eigenvalue weighted by molar-refractivity contribution is 8.00. The van der Waals surface area contributed by atoms with E-state index in [1.807, 2.05) is 24.3 Å². The molecule has 2 aliphatic heterocycles. The third-order valence-electron chi connectivity index (χ3n) is 6.45. The van der Waals surface area contributed by atoms with E-state index in [0.717, 1.165) is 54.6 Å². The van der Waals surface area contributed by atoms with E-state index in [0.29, 0.717) is 0 Å².